The van der Waals surface area contributed by atoms with Crippen molar-refractivity contribution in [2.24, 2.45) is 0 Å². The van der Waals surface area contributed by atoms with E-state index in [4.69, 9.17) is 0 Å². The van der Waals surface area contributed by atoms with Crippen LogP contribution >= 0.6 is 23.1 Å². The van der Waals surface area contributed by atoms with Gasteiger partial charge in [0.2, 0.25) is 5.91 Å². The molecule has 0 saturated carbocycles. The average Bonchev–Trinajstić information content (AvgIpc) is 3.52. The number of thiazole rings is 1. The molecule has 44 heavy (non-hydrogen) atoms. The molecule has 3 amide bonds. The Hall–Kier alpha value is -4.99. The summed E-state index contributed by atoms with van der Waals surface area (Å²) < 4.78 is 0. The molecule has 0 aliphatic heterocycles. The van der Waals surface area contributed by atoms with Crippen LogP contribution in [0.15, 0.2) is 125 Å². The van der Waals surface area contributed by atoms with E-state index in [0.717, 1.165) is 27.3 Å². The molecule has 0 radical (unpaired) electrons. The summed E-state index contributed by atoms with van der Waals surface area (Å²) in [6.07, 6.45) is 1.67. The van der Waals surface area contributed by atoms with Crippen LogP contribution in [0.2, 0.25) is 0 Å². The van der Waals surface area contributed by atoms with Crippen molar-refractivity contribution in [3.8, 4) is 11.3 Å². The Balaban J connectivity index is 1.22. The van der Waals surface area contributed by atoms with Gasteiger partial charge in [-0.1, -0.05) is 72.8 Å². The minimum atomic E-state index is -0.455. The number of nitrogens with zero attached hydrogens (tertiary/aromatic N) is 1. The Morgan fingerprint density at radius 2 is 1.48 bits per heavy atom. The predicted octanol–water partition coefficient (Wildman–Crippen LogP) is 7.65. The predicted molar refractivity (Wildman–Crippen MR) is 180 cm³/mol. The molecule has 1 unspecified atom stereocenters. The van der Waals surface area contributed by atoms with Crippen molar-refractivity contribution >= 4 is 57.7 Å². The zero-order valence-electron chi connectivity index (χ0n) is 24.1. The number of aryl methyl sites for hydroxylation is 1. The van der Waals surface area contributed by atoms with Crippen molar-refractivity contribution in [1.29, 1.82) is 0 Å². The van der Waals surface area contributed by atoms with Gasteiger partial charge in [-0.3, -0.25) is 14.4 Å². The maximum atomic E-state index is 13.4. The molecule has 0 fully saturated rings. The summed E-state index contributed by atoms with van der Waals surface area (Å²) >= 11 is 2.79. The van der Waals surface area contributed by atoms with Gasteiger partial charge in [0.05, 0.1) is 10.9 Å². The summed E-state index contributed by atoms with van der Waals surface area (Å²) in [4.78, 5) is 44.5. The highest BCUT2D eigenvalue weighted by Gasteiger charge is 2.18. The summed E-state index contributed by atoms with van der Waals surface area (Å²) in [5.74, 6) is -0.987. The van der Waals surface area contributed by atoms with Crippen LogP contribution in [0.25, 0.3) is 17.3 Å². The highest BCUT2D eigenvalue weighted by molar-refractivity contribution is 8.00. The second-order valence-corrected chi connectivity index (χ2v) is 12.1. The van der Waals surface area contributed by atoms with Crippen molar-refractivity contribution in [3.63, 3.8) is 0 Å². The van der Waals surface area contributed by atoms with Crippen LogP contribution in [0.3, 0.4) is 0 Å². The van der Waals surface area contributed by atoms with Gasteiger partial charge in [0.1, 0.15) is 5.70 Å². The van der Waals surface area contributed by atoms with Gasteiger partial charge in [-0.25, -0.2) is 4.98 Å². The molecule has 0 spiro atoms. The van der Waals surface area contributed by atoms with E-state index < -0.39 is 5.91 Å². The SMILES string of the molecule is Cc1ccccc1/C=C(\NC(=O)c1ccccc1)C(=O)Nc1ccc(SC(C)C(=O)Nc2nc(-c3ccccc3)cs2)cc1. The fraction of sp³-hybridized carbons (Fsp3) is 0.0857. The molecule has 1 aromatic heterocycles. The fourth-order valence-corrected chi connectivity index (χ4v) is 5.79. The first-order chi connectivity index (χ1) is 21.4. The standard InChI is InChI=1S/C35H30N4O3S2/c1-23-11-9-10-16-27(23)21-30(37-33(41)26-14-7-4-8-15-26)34(42)36-28-17-19-29(20-18-28)44-24(2)32(40)39-35-38-31(22-43-35)25-12-5-3-6-13-25/h3-22,24H,1-2H3,(H,36,42)(H,37,41)(H,38,39,40)/b30-21-. The summed E-state index contributed by atoms with van der Waals surface area (Å²) in [7, 11) is 0. The lowest BCUT2D eigenvalue weighted by molar-refractivity contribution is -0.115. The number of benzene rings is 4. The molecule has 0 saturated heterocycles. The molecular formula is C35H30N4O3S2. The van der Waals surface area contributed by atoms with Gasteiger partial charge in [-0.2, -0.15) is 0 Å². The molecule has 7 nitrogen and oxygen atoms in total. The van der Waals surface area contributed by atoms with E-state index in [1.165, 1.54) is 23.1 Å². The molecule has 220 valence electrons. The molecule has 5 rings (SSSR count). The first-order valence-corrected chi connectivity index (χ1v) is 15.7. The number of carbonyl (C=O) groups excluding carboxylic acids is 3. The van der Waals surface area contributed by atoms with E-state index in [2.05, 4.69) is 20.9 Å². The number of hydrogen-bond donors (Lipinski definition) is 3. The van der Waals surface area contributed by atoms with Gasteiger partial charge in [0.25, 0.3) is 11.8 Å². The van der Waals surface area contributed by atoms with Crippen molar-refractivity contribution in [2.75, 3.05) is 10.6 Å². The fourth-order valence-electron chi connectivity index (χ4n) is 4.20. The lowest BCUT2D eigenvalue weighted by Crippen LogP contribution is -2.30. The Kier molecular flexibility index (Phi) is 10.0. The van der Waals surface area contributed by atoms with Gasteiger partial charge in [-0.15, -0.1) is 23.1 Å². The lowest BCUT2D eigenvalue weighted by atomic mass is 10.1. The second-order valence-electron chi connectivity index (χ2n) is 9.87. The number of hydrogen-bond acceptors (Lipinski definition) is 6. The van der Waals surface area contributed by atoms with E-state index in [9.17, 15) is 14.4 Å². The minimum Gasteiger partial charge on any atom is -0.321 e. The van der Waals surface area contributed by atoms with Crippen molar-refractivity contribution in [1.82, 2.24) is 10.3 Å². The lowest BCUT2D eigenvalue weighted by Gasteiger charge is -2.13. The largest absolute Gasteiger partial charge is 0.321 e. The monoisotopic (exact) mass is 618 g/mol. The van der Waals surface area contributed by atoms with Crippen LogP contribution in [0.1, 0.15) is 28.4 Å². The van der Waals surface area contributed by atoms with Crippen LogP contribution in [0.4, 0.5) is 10.8 Å². The average molecular weight is 619 g/mol. The Morgan fingerprint density at radius 3 is 2.18 bits per heavy atom. The number of carbonyl (C=O) groups is 3. The van der Waals surface area contributed by atoms with Gasteiger partial charge < -0.3 is 16.0 Å². The highest BCUT2D eigenvalue weighted by atomic mass is 32.2. The third kappa shape index (κ3) is 8.09. The molecule has 4 aromatic carbocycles. The first kappa shape index (κ1) is 30.5. The van der Waals surface area contributed by atoms with E-state index >= 15 is 0 Å². The molecule has 5 aromatic rings. The first-order valence-electron chi connectivity index (χ1n) is 13.9. The molecule has 0 aliphatic carbocycles. The summed E-state index contributed by atoms with van der Waals surface area (Å²) in [5.41, 5.74) is 4.72. The van der Waals surface area contributed by atoms with Crippen LogP contribution in [-0.4, -0.2) is 28.0 Å². The van der Waals surface area contributed by atoms with Crippen molar-refractivity contribution in [3.05, 3.63) is 137 Å². The van der Waals surface area contributed by atoms with E-state index in [0.29, 0.717) is 16.4 Å². The van der Waals surface area contributed by atoms with E-state index in [1.54, 1.807) is 42.5 Å². The molecule has 9 heteroatoms. The van der Waals surface area contributed by atoms with Crippen LogP contribution < -0.4 is 16.0 Å². The maximum absolute atomic E-state index is 13.4. The van der Waals surface area contributed by atoms with Crippen LogP contribution in [0.5, 0.6) is 0 Å². The molecule has 1 atom stereocenters. The minimum absolute atomic E-state index is 0.120. The Labute approximate surface area is 264 Å². The highest BCUT2D eigenvalue weighted by Crippen LogP contribution is 2.28. The van der Waals surface area contributed by atoms with Crippen molar-refractivity contribution < 1.29 is 14.4 Å². The summed E-state index contributed by atoms with van der Waals surface area (Å²) in [5, 5.41) is 10.6. The van der Waals surface area contributed by atoms with Crippen LogP contribution in [0, 0.1) is 6.92 Å². The molecule has 0 aliphatic rings. The molecule has 3 N–H and O–H groups in total. The van der Waals surface area contributed by atoms with Gasteiger partial charge in [0.15, 0.2) is 5.13 Å². The number of anilines is 2. The van der Waals surface area contributed by atoms with E-state index in [-0.39, 0.29) is 22.8 Å². The zero-order chi connectivity index (χ0) is 30.9. The topological polar surface area (TPSA) is 100 Å². The smallest absolute Gasteiger partial charge is 0.272 e. The number of nitrogens with one attached hydrogen (secondary N) is 3. The van der Waals surface area contributed by atoms with Gasteiger partial charge >= 0.3 is 0 Å². The van der Waals surface area contributed by atoms with Gasteiger partial charge in [-0.05, 0) is 67.4 Å². The quantitative estimate of drug-likeness (QED) is 0.110. The second kappa shape index (κ2) is 14.5. The zero-order valence-corrected chi connectivity index (χ0v) is 25.7. The molecule has 0 bridgehead atoms. The van der Waals surface area contributed by atoms with Gasteiger partial charge in [0, 0.05) is 27.1 Å². The third-order valence-corrected chi connectivity index (χ3v) is 8.48. The number of thioether (sulfide) groups is 1. The maximum Gasteiger partial charge on any atom is 0.272 e. The number of aromatic nitrogens is 1. The van der Waals surface area contributed by atoms with Crippen molar-refractivity contribution in [2.45, 2.75) is 24.0 Å². The Morgan fingerprint density at radius 1 is 0.818 bits per heavy atom. The number of amides is 3. The van der Waals surface area contributed by atoms with E-state index in [1.807, 2.05) is 92.0 Å². The summed E-state index contributed by atoms with van der Waals surface area (Å²) in [6, 6.07) is 33.4. The summed E-state index contributed by atoms with van der Waals surface area (Å²) in [6.45, 7) is 3.77. The normalized spacial score (nSPS) is 11.8. The Bertz CT molecular complexity index is 1790. The number of rotatable bonds is 10. The van der Waals surface area contributed by atoms with Crippen LogP contribution in [-0.2, 0) is 9.59 Å². The molecule has 1 heterocycles. The third-order valence-electron chi connectivity index (χ3n) is 6.62. The molecular weight excluding hydrogens is 589 g/mol.